The van der Waals surface area contributed by atoms with Crippen molar-refractivity contribution in [2.45, 2.75) is 50.2 Å². The molecule has 2 atom stereocenters. The van der Waals surface area contributed by atoms with Crippen LogP contribution in [0, 0.1) is 9.49 Å². The Kier molecular flexibility index (Phi) is 4.75. The Bertz CT molecular complexity index is 487. The molecule has 3 rings (SSSR count). The molecular formula is C16H21BrINO. The summed E-state index contributed by atoms with van der Waals surface area (Å²) >= 11 is 6.01. The fourth-order valence-corrected chi connectivity index (χ4v) is 4.79. The smallest absolute Gasteiger partial charge is 0.0685 e. The first kappa shape index (κ1) is 15.3. The Morgan fingerprint density at radius 3 is 2.85 bits per heavy atom. The largest absolute Gasteiger partial charge is 0.375 e. The zero-order valence-corrected chi connectivity index (χ0v) is 15.3. The van der Waals surface area contributed by atoms with Crippen molar-refractivity contribution in [2.24, 2.45) is 11.7 Å². The van der Waals surface area contributed by atoms with Crippen LogP contribution in [-0.2, 0) is 4.74 Å². The summed E-state index contributed by atoms with van der Waals surface area (Å²) < 4.78 is 8.51. The second-order valence-corrected chi connectivity index (χ2v) is 8.28. The first-order valence-corrected chi connectivity index (χ1v) is 9.31. The van der Waals surface area contributed by atoms with Crippen molar-refractivity contribution in [1.29, 1.82) is 0 Å². The van der Waals surface area contributed by atoms with Crippen LogP contribution in [-0.4, -0.2) is 12.2 Å². The summed E-state index contributed by atoms with van der Waals surface area (Å²) in [5, 5.41) is 0. The first-order chi connectivity index (χ1) is 9.60. The number of halogens is 2. The summed E-state index contributed by atoms with van der Waals surface area (Å²) in [7, 11) is 0. The molecule has 0 aromatic heterocycles. The van der Waals surface area contributed by atoms with E-state index >= 15 is 0 Å². The van der Waals surface area contributed by atoms with E-state index < -0.39 is 0 Å². The van der Waals surface area contributed by atoms with Gasteiger partial charge in [-0.1, -0.05) is 28.8 Å². The summed E-state index contributed by atoms with van der Waals surface area (Å²) in [4.78, 5) is 0. The normalized spacial score (nSPS) is 26.9. The maximum atomic E-state index is 6.60. The zero-order valence-electron chi connectivity index (χ0n) is 11.6. The number of hydrogen-bond donors (Lipinski definition) is 1. The summed E-state index contributed by atoms with van der Waals surface area (Å²) in [6.45, 7) is 0.875. The molecule has 2 unspecified atom stereocenters. The minimum atomic E-state index is 0.112. The molecule has 1 saturated carbocycles. The fraction of sp³-hybridized carbons (Fsp3) is 0.625. The second-order valence-electron chi connectivity index (χ2n) is 6.18. The molecule has 1 saturated heterocycles. The molecule has 0 amide bonds. The van der Waals surface area contributed by atoms with Crippen LogP contribution in [0.2, 0.25) is 0 Å². The van der Waals surface area contributed by atoms with Crippen LogP contribution < -0.4 is 5.73 Å². The van der Waals surface area contributed by atoms with Crippen molar-refractivity contribution in [2.75, 3.05) is 6.61 Å². The zero-order chi connectivity index (χ0) is 14.2. The fourth-order valence-electron chi connectivity index (χ4n) is 3.76. The van der Waals surface area contributed by atoms with Gasteiger partial charge in [-0.2, -0.15) is 0 Å². The molecule has 1 spiro atoms. The van der Waals surface area contributed by atoms with Crippen molar-refractivity contribution in [1.82, 2.24) is 0 Å². The van der Waals surface area contributed by atoms with Gasteiger partial charge < -0.3 is 10.5 Å². The second kappa shape index (κ2) is 6.23. The average Bonchev–Trinajstić information content (AvgIpc) is 2.88. The van der Waals surface area contributed by atoms with Gasteiger partial charge in [-0.15, -0.1) is 0 Å². The minimum absolute atomic E-state index is 0.112. The van der Waals surface area contributed by atoms with Crippen molar-refractivity contribution < 1.29 is 4.74 Å². The maximum Gasteiger partial charge on any atom is 0.0685 e. The van der Waals surface area contributed by atoms with E-state index in [0.717, 1.165) is 23.9 Å². The van der Waals surface area contributed by atoms with Gasteiger partial charge in [0.2, 0.25) is 0 Å². The van der Waals surface area contributed by atoms with E-state index in [9.17, 15) is 0 Å². The average molecular weight is 450 g/mol. The number of benzene rings is 1. The molecule has 2 N–H and O–H groups in total. The molecule has 0 radical (unpaired) electrons. The topological polar surface area (TPSA) is 35.2 Å². The van der Waals surface area contributed by atoms with Crippen LogP contribution in [0.1, 0.15) is 50.1 Å². The highest BCUT2D eigenvalue weighted by Gasteiger charge is 2.41. The van der Waals surface area contributed by atoms with Gasteiger partial charge in [0.15, 0.2) is 0 Å². The lowest BCUT2D eigenvalue weighted by Gasteiger charge is -2.40. The van der Waals surface area contributed by atoms with Crippen LogP contribution in [0.25, 0.3) is 0 Å². The third kappa shape index (κ3) is 3.08. The quantitative estimate of drug-likeness (QED) is 0.658. The Hall–Kier alpha value is 0.350. The van der Waals surface area contributed by atoms with E-state index in [1.165, 1.54) is 34.8 Å². The molecule has 2 fully saturated rings. The lowest BCUT2D eigenvalue weighted by Crippen LogP contribution is -2.40. The summed E-state index contributed by atoms with van der Waals surface area (Å²) in [5.41, 5.74) is 8.00. The number of ether oxygens (including phenoxy) is 1. The van der Waals surface area contributed by atoms with Crippen molar-refractivity contribution in [3.05, 3.63) is 31.8 Å². The van der Waals surface area contributed by atoms with Crippen LogP contribution >= 0.6 is 38.5 Å². The predicted octanol–water partition coefficient (Wildman–Crippen LogP) is 4.79. The Balaban J connectivity index is 1.79. The maximum absolute atomic E-state index is 6.60. The standard InChI is InChI=1S/C16H21BrINO/c17-14-4-3-12(18)9-13(14)15(19)11-5-8-20-16(10-11)6-1-2-7-16/h3-4,9,11,15H,1-2,5-8,10,19H2. The number of rotatable bonds is 2. The number of hydrogen-bond acceptors (Lipinski definition) is 2. The molecule has 1 aromatic rings. The molecule has 1 aliphatic heterocycles. The van der Waals surface area contributed by atoms with E-state index in [1.807, 2.05) is 0 Å². The molecule has 4 heteroatoms. The van der Waals surface area contributed by atoms with Gasteiger partial charge in [0.25, 0.3) is 0 Å². The van der Waals surface area contributed by atoms with Crippen molar-refractivity contribution >= 4 is 38.5 Å². The summed E-state index contributed by atoms with van der Waals surface area (Å²) in [6.07, 6.45) is 7.30. The SMILES string of the molecule is NC(c1cc(I)ccc1Br)C1CCOC2(CCCC2)C1. The van der Waals surface area contributed by atoms with Crippen molar-refractivity contribution in [3.8, 4) is 0 Å². The highest BCUT2D eigenvalue weighted by Crippen LogP contribution is 2.45. The lowest BCUT2D eigenvalue weighted by molar-refractivity contribution is -0.0964. The van der Waals surface area contributed by atoms with Gasteiger partial charge in [0.05, 0.1) is 5.60 Å². The highest BCUT2D eigenvalue weighted by molar-refractivity contribution is 14.1. The number of nitrogens with two attached hydrogens (primary N) is 1. The van der Waals surface area contributed by atoms with Crippen molar-refractivity contribution in [3.63, 3.8) is 0 Å². The van der Waals surface area contributed by atoms with Gasteiger partial charge in [-0.05, 0) is 78.0 Å². The molecular weight excluding hydrogens is 429 g/mol. The predicted molar refractivity (Wildman–Crippen MR) is 93.7 cm³/mol. The monoisotopic (exact) mass is 449 g/mol. The van der Waals surface area contributed by atoms with Crippen LogP contribution in [0.15, 0.2) is 22.7 Å². The lowest BCUT2D eigenvalue weighted by atomic mass is 9.79. The van der Waals surface area contributed by atoms with Gasteiger partial charge in [-0.25, -0.2) is 0 Å². The Morgan fingerprint density at radius 1 is 1.35 bits per heavy atom. The molecule has 20 heavy (non-hydrogen) atoms. The summed E-state index contributed by atoms with van der Waals surface area (Å²) in [5.74, 6) is 0.538. The van der Waals surface area contributed by atoms with Gasteiger partial charge in [0, 0.05) is 20.7 Å². The molecule has 1 heterocycles. The summed E-state index contributed by atoms with van der Waals surface area (Å²) in [6, 6.07) is 6.55. The van der Waals surface area contributed by atoms with Gasteiger partial charge >= 0.3 is 0 Å². The molecule has 1 aromatic carbocycles. The van der Waals surface area contributed by atoms with Crippen LogP contribution in [0.3, 0.4) is 0 Å². The Labute approximate surface area is 143 Å². The third-order valence-electron chi connectivity index (χ3n) is 4.87. The van der Waals surface area contributed by atoms with Gasteiger partial charge in [-0.3, -0.25) is 0 Å². The first-order valence-electron chi connectivity index (χ1n) is 7.44. The van der Waals surface area contributed by atoms with E-state index in [-0.39, 0.29) is 11.6 Å². The molecule has 2 nitrogen and oxygen atoms in total. The van der Waals surface area contributed by atoms with Crippen LogP contribution in [0.5, 0.6) is 0 Å². The molecule has 2 aliphatic rings. The minimum Gasteiger partial charge on any atom is -0.375 e. The molecule has 0 bridgehead atoms. The van der Waals surface area contributed by atoms with E-state index in [4.69, 9.17) is 10.5 Å². The highest BCUT2D eigenvalue weighted by atomic mass is 127. The van der Waals surface area contributed by atoms with Gasteiger partial charge in [0.1, 0.15) is 0 Å². The third-order valence-corrected chi connectivity index (χ3v) is 6.26. The van der Waals surface area contributed by atoms with E-state index in [2.05, 4.69) is 56.7 Å². The molecule has 1 aliphatic carbocycles. The Morgan fingerprint density at radius 2 is 2.10 bits per heavy atom. The van der Waals surface area contributed by atoms with Crippen LogP contribution in [0.4, 0.5) is 0 Å². The molecule has 110 valence electrons. The van der Waals surface area contributed by atoms with E-state index in [0.29, 0.717) is 5.92 Å². The van der Waals surface area contributed by atoms with E-state index in [1.54, 1.807) is 0 Å².